The quantitative estimate of drug-likeness (QED) is 0.911. The number of rotatable bonds is 3. The summed E-state index contributed by atoms with van der Waals surface area (Å²) in [5.41, 5.74) is 7.79. The number of hydrogen-bond acceptors (Lipinski definition) is 3. The maximum Gasteiger partial charge on any atom is 0.0912 e. The van der Waals surface area contributed by atoms with Crippen molar-refractivity contribution in [3.8, 4) is 0 Å². The average Bonchev–Trinajstić information content (AvgIpc) is 2.71. The Balaban J connectivity index is 2.43. The minimum absolute atomic E-state index is 0.215. The van der Waals surface area contributed by atoms with Gasteiger partial charge in [-0.1, -0.05) is 17.7 Å². The van der Waals surface area contributed by atoms with E-state index < -0.39 is 0 Å². The fraction of sp³-hybridized carbons (Fsp3) is 0.333. The highest BCUT2D eigenvalue weighted by molar-refractivity contribution is 6.31. The number of nitrogens with two attached hydrogens (primary N) is 1. The smallest absolute Gasteiger partial charge is 0.0912 e. The largest absolute Gasteiger partial charge is 0.318 e. The van der Waals surface area contributed by atoms with Gasteiger partial charge in [0.15, 0.2) is 0 Å². The van der Waals surface area contributed by atoms with Gasteiger partial charge in [-0.05, 0) is 26.0 Å². The third-order valence-electron chi connectivity index (χ3n) is 2.58. The molecule has 0 bridgehead atoms. The van der Waals surface area contributed by atoms with Crippen LogP contribution in [0.25, 0.3) is 0 Å². The van der Waals surface area contributed by atoms with Gasteiger partial charge in [-0.2, -0.15) is 5.10 Å². The maximum atomic E-state index is 6.19. The van der Waals surface area contributed by atoms with Crippen molar-refractivity contribution in [3.63, 3.8) is 0 Å². The lowest BCUT2D eigenvalue weighted by Gasteiger charge is -2.16. The van der Waals surface area contributed by atoms with Crippen LogP contribution in [0.15, 0.2) is 30.6 Å². The minimum atomic E-state index is -0.353. The first kappa shape index (κ1) is 12.1. The Morgan fingerprint density at radius 1 is 1.35 bits per heavy atom. The summed E-state index contributed by atoms with van der Waals surface area (Å²) in [7, 11) is 0. The first-order chi connectivity index (χ1) is 8.11. The molecule has 2 N–H and O–H groups in total. The SMILES string of the molecule is CC(C)n1ncc(Cl)c1C(N)c1ccccn1. The van der Waals surface area contributed by atoms with Crippen molar-refractivity contribution in [2.75, 3.05) is 0 Å². The second-order valence-electron chi connectivity index (χ2n) is 4.15. The van der Waals surface area contributed by atoms with E-state index in [1.807, 2.05) is 36.7 Å². The Morgan fingerprint density at radius 3 is 2.71 bits per heavy atom. The molecule has 0 spiro atoms. The molecule has 0 fully saturated rings. The Hall–Kier alpha value is -1.39. The van der Waals surface area contributed by atoms with Crippen molar-refractivity contribution in [1.82, 2.24) is 14.8 Å². The van der Waals surface area contributed by atoms with Gasteiger partial charge in [0.25, 0.3) is 0 Å². The van der Waals surface area contributed by atoms with Crippen LogP contribution in [0.3, 0.4) is 0 Å². The van der Waals surface area contributed by atoms with E-state index in [9.17, 15) is 0 Å². The van der Waals surface area contributed by atoms with Gasteiger partial charge in [0.05, 0.1) is 28.6 Å². The zero-order valence-electron chi connectivity index (χ0n) is 9.84. The summed E-state index contributed by atoms with van der Waals surface area (Å²) >= 11 is 6.14. The Labute approximate surface area is 105 Å². The minimum Gasteiger partial charge on any atom is -0.318 e. The monoisotopic (exact) mass is 250 g/mol. The summed E-state index contributed by atoms with van der Waals surface area (Å²) in [5, 5.41) is 4.82. The molecule has 4 nitrogen and oxygen atoms in total. The van der Waals surface area contributed by atoms with Crippen LogP contribution in [-0.2, 0) is 0 Å². The highest BCUT2D eigenvalue weighted by Crippen LogP contribution is 2.27. The van der Waals surface area contributed by atoms with Gasteiger partial charge in [0.1, 0.15) is 0 Å². The molecule has 1 unspecified atom stereocenters. The van der Waals surface area contributed by atoms with E-state index in [4.69, 9.17) is 17.3 Å². The molecule has 0 aliphatic carbocycles. The van der Waals surface area contributed by atoms with Crippen LogP contribution in [0.2, 0.25) is 5.02 Å². The summed E-state index contributed by atoms with van der Waals surface area (Å²) in [6, 6.07) is 5.52. The third-order valence-corrected chi connectivity index (χ3v) is 2.87. The molecule has 0 aromatic carbocycles. The molecule has 2 aromatic heterocycles. The first-order valence-corrected chi connectivity index (χ1v) is 5.88. The molecule has 0 radical (unpaired) electrons. The topological polar surface area (TPSA) is 56.7 Å². The number of halogens is 1. The van der Waals surface area contributed by atoms with Crippen LogP contribution in [0.4, 0.5) is 0 Å². The van der Waals surface area contributed by atoms with Gasteiger partial charge >= 0.3 is 0 Å². The van der Waals surface area contributed by atoms with Crippen LogP contribution in [0, 0.1) is 0 Å². The van der Waals surface area contributed by atoms with E-state index in [2.05, 4.69) is 10.1 Å². The van der Waals surface area contributed by atoms with Crippen LogP contribution in [0.5, 0.6) is 0 Å². The molecule has 90 valence electrons. The molecule has 0 saturated carbocycles. The highest BCUT2D eigenvalue weighted by Gasteiger charge is 2.20. The zero-order chi connectivity index (χ0) is 12.4. The van der Waals surface area contributed by atoms with Crippen molar-refractivity contribution >= 4 is 11.6 Å². The molecule has 0 aliphatic rings. The van der Waals surface area contributed by atoms with Crippen molar-refractivity contribution in [1.29, 1.82) is 0 Å². The molecule has 0 amide bonds. The molecule has 0 aliphatic heterocycles. The van der Waals surface area contributed by atoms with Gasteiger partial charge in [-0.25, -0.2) is 0 Å². The summed E-state index contributed by atoms with van der Waals surface area (Å²) < 4.78 is 1.84. The molecule has 2 heterocycles. The standard InChI is InChI=1S/C12H15ClN4/c1-8(2)17-12(9(13)7-16-17)11(14)10-5-3-4-6-15-10/h3-8,11H,14H2,1-2H3. The molecule has 5 heteroatoms. The summed E-state index contributed by atoms with van der Waals surface area (Å²) in [6.45, 7) is 4.08. The van der Waals surface area contributed by atoms with E-state index in [0.717, 1.165) is 11.4 Å². The first-order valence-electron chi connectivity index (χ1n) is 5.50. The Kier molecular flexibility index (Phi) is 3.45. The van der Waals surface area contributed by atoms with Crippen molar-refractivity contribution < 1.29 is 0 Å². The van der Waals surface area contributed by atoms with Gasteiger partial charge in [-0.15, -0.1) is 0 Å². The van der Waals surface area contributed by atoms with Gasteiger partial charge in [0.2, 0.25) is 0 Å². The summed E-state index contributed by atoms with van der Waals surface area (Å²) in [5.74, 6) is 0. The third kappa shape index (κ3) is 2.33. The van der Waals surface area contributed by atoms with Gasteiger partial charge < -0.3 is 5.73 Å². The maximum absolute atomic E-state index is 6.19. The number of aromatic nitrogens is 3. The number of pyridine rings is 1. The van der Waals surface area contributed by atoms with E-state index >= 15 is 0 Å². The lowest BCUT2D eigenvalue weighted by Crippen LogP contribution is -2.20. The lowest BCUT2D eigenvalue weighted by atomic mass is 10.1. The normalized spacial score (nSPS) is 13.0. The molecule has 2 aromatic rings. The predicted molar refractivity (Wildman–Crippen MR) is 67.9 cm³/mol. The van der Waals surface area contributed by atoms with E-state index in [0.29, 0.717) is 5.02 Å². The highest BCUT2D eigenvalue weighted by atomic mass is 35.5. The molecule has 1 atom stereocenters. The second kappa shape index (κ2) is 4.85. The molecule has 17 heavy (non-hydrogen) atoms. The fourth-order valence-electron chi connectivity index (χ4n) is 1.75. The molecular formula is C12H15ClN4. The van der Waals surface area contributed by atoms with Crippen LogP contribution in [0.1, 0.15) is 37.3 Å². The zero-order valence-corrected chi connectivity index (χ0v) is 10.6. The molecular weight excluding hydrogens is 236 g/mol. The molecule has 2 rings (SSSR count). The van der Waals surface area contributed by atoms with Crippen LogP contribution < -0.4 is 5.73 Å². The number of hydrogen-bond donors (Lipinski definition) is 1. The molecule has 0 saturated heterocycles. The van der Waals surface area contributed by atoms with Gasteiger partial charge in [0, 0.05) is 12.2 Å². The Morgan fingerprint density at radius 2 is 2.12 bits per heavy atom. The van der Waals surface area contributed by atoms with Crippen molar-refractivity contribution in [3.05, 3.63) is 47.0 Å². The van der Waals surface area contributed by atoms with Crippen LogP contribution in [-0.4, -0.2) is 14.8 Å². The lowest BCUT2D eigenvalue weighted by molar-refractivity contribution is 0.497. The predicted octanol–water partition coefficient (Wildman–Crippen LogP) is 2.56. The second-order valence-corrected chi connectivity index (χ2v) is 4.56. The summed E-state index contributed by atoms with van der Waals surface area (Å²) in [4.78, 5) is 4.25. The summed E-state index contributed by atoms with van der Waals surface area (Å²) in [6.07, 6.45) is 3.35. The average molecular weight is 251 g/mol. The van der Waals surface area contributed by atoms with Crippen LogP contribution >= 0.6 is 11.6 Å². The van der Waals surface area contributed by atoms with Crippen molar-refractivity contribution in [2.24, 2.45) is 5.73 Å². The fourth-order valence-corrected chi connectivity index (χ4v) is 2.00. The van der Waals surface area contributed by atoms with Gasteiger partial charge in [-0.3, -0.25) is 9.67 Å². The Bertz CT molecular complexity index is 492. The van der Waals surface area contributed by atoms with E-state index in [-0.39, 0.29) is 12.1 Å². The van der Waals surface area contributed by atoms with Crippen molar-refractivity contribution in [2.45, 2.75) is 25.9 Å². The van der Waals surface area contributed by atoms with E-state index in [1.165, 1.54) is 0 Å². The van der Waals surface area contributed by atoms with E-state index in [1.54, 1.807) is 12.4 Å². The number of nitrogens with zero attached hydrogens (tertiary/aromatic N) is 3.